The fourth-order valence-electron chi connectivity index (χ4n) is 2.00. The van der Waals surface area contributed by atoms with Crippen LogP contribution in [0.25, 0.3) is 0 Å². The third-order valence-corrected chi connectivity index (χ3v) is 3.24. The molecule has 22 heavy (non-hydrogen) atoms. The van der Waals surface area contributed by atoms with Crippen LogP contribution >= 0.6 is 0 Å². The smallest absolute Gasteiger partial charge is 0.271 e. The van der Waals surface area contributed by atoms with Gasteiger partial charge in [0.05, 0.1) is 12.8 Å². The summed E-state index contributed by atoms with van der Waals surface area (Å²) < 4.78 is 5.32. The second kappa shape index (κ2) is 6.76. The lowest BCUT2D eigenvalue weighted by atomic mass is 10.1. The van der Waals surface area contributed by atoms with Gasteiger partial charge < -0.3 is 10.5 Å². The van der Waals surface area contributed by atoms with Gasteiger partial charge in [-0.25, -0.2) is 5.43 Å². The molecule has 5 heteroatoms. The summed E-state index contributed by atoms with van der Waals surface area (Å²) in [5.74, 6) is 0.430. The van der Waals surface area contributed by atoms with Crippen LogP contribution in [0.2, 0.25) is 0 Å². The van der Waals surface area contributed by atoms with Crippen molar-refractivity contribution in [2.24, 2.45) is 5.10 Å². The van der Waals surface area contributed by atoms with E-state index >= 15 is 0 Å². The lowest BCUT2D eigenvalue weighted by Crippen LogP contribution is -2.19. The van der Waals surface area contributed by atoms with E-state index in [1.807, 2.05) is 32.0 Å². The van der Waals surface area contributed by atoms with Gasteiger partial charge in [-0.2, -0.15) is 5.10 Å². The number of hydrogen-bond donors (Lipinski definition) is 2. The monoisotopic (exact) mass is 297 g/mol. The Kier molecular flexibility index (Phi) is 4.78. The van der Waals surface area contributed by atoms with Crippen molar-refractivity contribution in [1.29, 1.82) is 0 Å². The van der Waals surface area contributed by atoms with Gasteiger partial charge in [-0.05, 0) is 50.2 Å². The Labute approximate surface area is 129 Å². The average Bonchev–Trinajstić information content (AvgIpc) is 2.53. The molecule has 0 fully saturated rings. The van der Waals surface area contributed by atoms with Crippen LogP contribution in [0, 0.1) is 6.92 Å². The van der Waals surface area contributed by atoms with E-state index in [4.69, 9.17) is 10.5 Å². The zero-order valence-electron chi connectivity index (χ0n) is 12.9. The number of anilines is 1. The first-order valence-corrected chi connectivity index (χ1v) is 6.86. The van der Waals surface area contributed by atoms with Crippen molar-refractivity contribution >= 4 is 17.3 Å². The fourth-order valence-corrected chi connectivity index (χ4v) is 2.00. The molecule has 2 rings (SSSR count). The molecule has 114 valence electrons. The van der Waals surface area contributed by atoms with Crippen LogP contribution in [0.4, 0.5) is 5.69 Å². The van der Waals surface area contributed by atoms with E-state index in [0.29, 0.717) is 22.7 Å². The van der Waals surface area contributed by atoms with E-state index in [0.717, 1.165) is 11.1 Å². The van der Waals surface area contributed by atoms with Crippen molar-refractivity contribution in [2.75, 3.05) is 12.8 Å². The molecule has 0 saturated carbocycles. The molecular formula is C17H19N3O2. The van der Waals surface area contributed by atoms with Gasteiger partial charge in [0.1, 0.15) is 5.75 Å². The second-order valence-electron chi connectivity index (χ2n) is 4.96. The molecule has 0 heterocycles. The molecule has 3 N–H and O–H groups in total. The minimum atomic E-state index is -0.286. The molecule has 0 spiro atoms. The van der Waals surface area contributed by atoms with Gasteiger partial charge in [0.15, 0.2) is 0 Å². The first-order valence-electron chi connectivity index (χ1n) is 6.86. The van der Waals surface area contributed by atoms with Crippen LogP contribution < -0.4 is 15.9 Å². The first kappa shape index (κ1) is 15.6. The van der Waals surface area contributed by atoms with E-state index in [-0.39, 0.29) is 5.91 Å². The highest BCUT2D eigenvalue weighted by atomic mass is 16.5. The van der Waals surface area contributed by atoms with E-state index in [1.54, 1.807) is 31.4 Å². The molecule has 5 nitrogen and oxygen atoms in total. The summed E-state index contributed by atoms with van der Waals surface area (Å²) in [7, 11) is 1.61. The Morgan fingerprint density at radius 3 is 2.50 bits per heavy atom. The van der Waals surface area contributed by atoms with Crippen LogP contribution in [-0.4, -0.2) is 18.7 Å². The number of methoxy groups -OCH3 is 1. The molecule has 0 unspecified atom stereocenters. The lowest BCUT2D eigenvalue weighted by Gasteiger charge is -2.09. The van der Waals surface area contributed by atoms with Crippen LogP contribution in [0.1, 0.15) is 28.4 Å². The summed E-state index contributed by atoms with van der Waals surface area (Å²) in [6.45, 7) is 3.81. The summed E-state index contributed by atoms with van der Waals surface area (Å²) >= 11 is 0. The van der Waals surface area contributed by atoms with Gasteiger partial charge in [-0.1, -0.05) is 11.6 Å². The van der Waals surface area contributed by atoms with Crippen LogP contribution in [-0.2, 0) is 0 Å². The van der Waals surface area contributed by atoms with Gasteiger partial charge in [-0.15, -0.1) is 0 Å². The van der Waals surface area contributed by atoms with Crippen LogP contribution in [0.15, 0.2) is 47.6 Å². The van der Waals surface area contributed by atoms with Gasteiger partial charge in [0.2, 0.25) is 0 Å². The van der Waals surface area contributed by atoms with Gasteiger partial charge in [0, 0.05) is 16.8 Å². The number of benzene rings is 2. The zero-order valence-corrected chi connectivity index (χ0v) is 12.9. The highest BCUT2D eigenvalue weighted by Gasteiger charge is 2.08. The number of ether oxygens (including phenoxy) is 1. The predicted molar refractivity (Wildman–Crippen MR) is 88.3 cm³/mol. The summed E-state index contributed by atoms with van der Waals surface area (Å²) in [6.07, 6.45) is 0. The molecule has 0 saturated heterocycles. The number of hydrazone groups is 1. The topological polar surface area (TPSA) is 76.7 Å². The number of amides is 1. The summed E-state index contributed by atoms with van der Waals surface area (Å²) in [5, 5.41) is 4.15. The number of nitrogens with one attached hydrogen (secondary N) is 1. The maximum Gasteiger partial charge on any atom is 0.271 e. The Bertz CT molecular complexity index is 706. The Balaban J connectivity index is 2.17. The molecule has 2 aromatic carbocycles. The number of nitrogens with two attached hydrogens (primary N) is 1. The van der Waals surface area contributed by atoms with Crippen molar-refractivity contribution in [3.8, 4) is 5.75 Å². The highest BCUT2D eigenvalue weighted by Crippen LogP contribution is 2.20. The third-order valence-electron chi connectivity index (χ3n) is 3.24. The Hall–Kier alpha value is -2.82. The van der Waals surface area contributed by atoms with E-state index in [9.17, 15) is 4.79 Å². The molecule has 0 bridgehead atoms. The molecule has 0 aliphatic heterocycles. The Morgan fingerprint density at radius 1 is 1.18 bits per heavy atom. The lowest BCUT2D eigenvalue weighted by molar-refractivity contribution is 0.0955. The SMILES string of the molecule is COc1ccc(C)cc1/C(C)=N\NC(=O)c1ccc(N)cc1. The van der Waals surface area contributed by atoms with E-state index in [2.05, 4.69) is 10.5 Å². The molecular weight excluding hydrogens is 278 g/mol. The molecule has 0 aliphatic rings. The summed E-state index contributed by atoms with van der Waals surface area (Å²) in [6, 6.07) is 12.5. The summed E-state index contributed by atoms with van der Waals surface area (Å²) in [5.41, 5.74) is 11.9. The minimum absolute atomic E-state index is 0.286. The largest absolute Gasteiger partial charge is 0.496 e. The number of hydrogen-bond acceptors (Lipinski definition) is 4. The van der Waals surface area contributed by atoms with Crippen LogP contribution in [0.5, 0.6) is 5.75 Å². The van der Waals surface area contributed by atoms with E-state index in [1.165, 1.54) is 0 Å². The molecule has 0 atom stereocenters. The number of nitrogen functional groups attached to an aromatic ring is 1. The molecule has 2 aromatic rings. The maximum atomic E-state index is 12.0. The van der Waals surface area contributed by atoms with Crippen molar-refractivity contribution in [2.45, 2.75) is 13.8 Å². The van der Waals surface area contributed by atoms with Crippen molar-refractivity contribution in [3.05, 3.63) is 59.2 Å². The predicted octanol–water partition coefficient (Wildman–Crippen LogP) is 2.74. The van der Waals surface area contributed by atoms with Gasteiger partial charge in [0.25, 0.3) is 5.91 Å². The Morgan fingerprint density at radius 2 is 1.86 bits per heavy atom. The van der Waals surface area contributed by atoms with Crippen LogP contribution in [0.3, 0.4) is 0 Å². The maximum absolute atomic E-state index is 12.0. The molecule has 1 amide bonds. The second-order valence-corrected chi connectivity index (χ2v) is 4.96. The highest BCUT2D eigenvalue weighted by molar-refractivity contribution is 6.02. The van der Waals surface area contributed by atoms with Gasteiger partial charge >= 0.3 is 0 Å². The fraction of sp³-hybridized carbons (Fsp3) is 0.176. The first-order chi connectivity index (χ1) is 10.5. The number of nitrogens with zero attached hydrogens (tertiary/aromatic N) is 1. The number of carbonyl (C=O) groups excluding carboxylic acids is 1. The quantitative estimate of drug-likeness (QED) is 0.517. The van der Waals surface area contributed by atoms with Gasteiger partial charge in [-0.3, -0.25) is 4.79 Å². The average molecular weight is 297 g/mol. The molecule has 0 aliphatic carbocycles. The van der Waals surface area contributed by atoms with Crippen molar-refractivity contribution in [3.63, 3.8) is 0 Å². The zero-order chi connectivity index (χ0) is 16.1. The molecule has 0 radical (unpaired) electrons. The third kappa shape index (κ3) is 3.63. The van der Waals surface area contributed by atoms with Crippen molar-refractivity contribution in [1.82, 2.24) is 5.43 Å². The number of aryl methyl sites for hydroxylation is 1. The number of rotatable bonds is 4. The normalized spacial score (nSPS) is 11.1. The minimum Gasteiger partial charge on any atom is -0.496 e. The van der Waals surface area contributed by atoms with Crippen molar-refractivity contribution < 1.29 is 9.53 Å². The standard InChI is InChI=1S/C17H19N3O2/c1-11-4-9-16(22-3)15(10-11)12(2)19-20-17(21)13-5-7-14(18)8-6-13/h4-10H,18H2,1-3H3,(H,20,21)/b19-12-. The number of carbonyl (C=O) groups is 1. The van der Waals surface area contributed by atoms with E-state index < -0.39 is 0 Å². The molecule has 0 aromatic heterocycles. The summed E-state index contributed by atoms with van der Waals surface area (Å²) in [4.78, 5) is 12.0.